The van der Waals surface area contributed by atoms with Crippen molar-refractivity contribution < 1.29 is 23.1 Å². The quantitative estimate of drug-likeness (QED) is 0.430. The lowest BCUT2D eigenvalue weighted by atomic mass is 10.1. The molecule has 2 aromatic heterocycles. The number of anilines is 1. The monoisotopic (exact) mass is 415 g/mol. The summed E-state index contributed by atoms with van der Waals surface area (Å²) in [7, 11) is 1.54. The van der Waals surface area contributed by atoms with Crippen molar-refractivity contribution in [2.24, 2.45) is 0 Å². The van der Waals surface area contributed by atoms with Crippen molar-refractivity contribution in [1.29, 1.82) is 0 Å². The van der Waals surface area contributed by atoms with Crippen LogP contribution in [-0.4, -0.2) is 29.8 Å². The lowest BCUT2D eigenvalue weighted by Crippen LogP contribution is -2.20. The highest BCUT2D eigenvalue weighted by Gasteiger charge is 2.16. The number of rotatable bonds is 6. The highest BCUT2D eigenvalue weighted by atomic mass is 16.6. The van der Waals surface area contributed by atoms with Crippen LogP contribution < -0.4 is 14.8 Å². The Balaban J connectivity index is 1.31. The molecule has 8 nitrogen and oxygen atoms in total. The van der Waals surface area contributed by atoms with E-state index in [1.54, 1.807) is 13.2 Å². The molecule has 0 fully saturated rings. The predicted octanol–water partition coefficient (Wildman–Crippen LogP) is 4.66. The van der Waals surface area contributed by atoms with Crippen molar-refractivity contribution in [3.63, 3.8) is 0 Å². The van der Waals surface area contributed by atoms with Gasteiger partial charge in [-0.05, 0) is 24.3 Å². The molecular weight excluding hydrogens is 398 g/mol. The second-order valence-electron chi connectivity index (χ2n) is 6.72. The van der Waals surface area contributed by atoms with E-state index in [0.29, 0.717) is 22.9 Å². The maximum atomic E-state index is 12.4. The Bertz CT molecular complexity index is 1370. The number of furan rings is 1. The zero-order valence-electron chi connectivity index (χ0n) is 16.5. The maximum Gasteiger partial charge on any atom is 0.415 e. The molecule has 154 valence electrons. The molecule has 8 heteroatoms. The molecule has 0 saturated heterocycles. The highest BCUT2D eigenvalue weighted by Crippen LogP contribution is 2.36. The first kappa shape index (κ1) is 18.7. The Hall–Kier alpha value is -4.33. The molecule has 5 rings (SSSR count). The van der Waals surface area contributed by atoms with E-state index in [-0.39, 0.29) is 12.7 Å². The highest BCUT2D eigenvalue weighted by molar-refractivity contribution is 6.07. The summed E-state index contributed by atoms with van der Waals surface area (Å²) in [4.78, 5) is 12.4. The molecule has 0 radical (unpaired) electrons. The van der Waals surface area contributed by atoms with E-state index >= 15 is 0 Å². The number of hydrogen-bond donors (Lipinski definition) is 1. The van der Waals surface area contributed by atoms with Gasteiger partial charge in [-0.2, -0.15) is 0 Å². The summed E-state index contributed by atoms with van der Waals surface area (Å²) in [5.41, 5.74) is 2.64. The Kier molecular flexibility index (Phi) is 4.72. The first-order valence-corrected chi connectivity index (χ1v) is 9.52. The molecule has 1 N–H and O–H groups in total. The van der Waals surface area contributed by atoms with Crippen LogP contribution in [0.15, 0.2) is 75.6 Å². The van der Waals surface area contributed by atoms with Gasteiger partial charge in [0.25, 0.3) is 11.8 Å². The van der Waals surface area contributed by atoms with Gasteiger partial charge in [-0.3, -0.25) is 4.79 Å². The number of aromatic nitrogens is 2. The van der Waals surface area contributed by atoms with Gasteiger partial charge in [-0.25, -0.2) is 0 Å². The van der Waals surface area contributed by atoms with Gasteiger partial charge < -0.3 is 23.6 Å². The van der Waals surface area contributed by atoms with Crippen LogP contribution in [0.2, 0.25) is 0 Å². The third kappa shape index (κ3) is 3.66. The Morgan fingerprint density at radius 2 is 1.74 bits per heavy atom. The predicted molar refractivity (Wildman–Crippen MR) is 114 cm³/mol. The van der Waals surface area contributed by atoms with Crippen molar-refractivity contribution in [1.82, 2.24) is 10.2 Å². The van der Waals surface area contributed by atoms with Crippen LogP contribution in [0.1, 0.15) is 0 Å². The maximum absolute atomic E-state index is 12.4. The van der Waals surface area contributed by atoms with Crippen LogP contribution in [0.25, 0.3) is 33.4 Å². The number of nitrogens with zero attached hydrogens (tertiary/aromatic N) is 2. The van der Waals surface area contributed by atoms with Crippen molar-refractivity contribution in [2.75, 3.05) is 19.0 Å². The Labute approximate surface area is 176 Å². The summed E-state index contributed by atoms with van der Waals surface area (Å²) in [6.07, 6.45) is -0.0892. The first-order chi connectivity index (χ1) is 15.2. The number of carbonyl (C=O) groups excluding carboxylic acids is 1. The minimum absolute atomic E-state index is 0.0892. The standard InChI is InChI=1S/C23H17N3O5/c1-28-20-11-16-15-9-5-6-10-18(15)30-19(16)12-17(20)24-21(27)13-29-23-26-25-22(31-23)14-7-3-2-4-8-14/h2-12H,13H2,1H3,(H,24,27). The number of methoxy groups -OCH3 is 1. The van der Waals surface area contributed by atoms with E-state index in [0.717, 1.165) is 21.9 Å². The molecule has 0 bridgehead atoms. The first-order valence-electron chi connectivity index (χ1n) is 9.52. The molecule has 0 aliphatic carbocycles. The summed E-state index contributed by atoms with van der Waals surface area (Å²) in [5.74, 6) is 0.415. The van der Waals surface area contributed by atoms with E-state index in [4.69, 9.17) is 18.3 Å². The van der Waals surface area contributed by atoms with Crippen molar-refractivity contribution in [3.05, 3.63) is 66.7 Å². The summed E-state index contributed by atoms with van der Waals surface area (Å²) < 4.78 is 22.1. The van der Waals surface area contributed by atoms with Crippen molar-refractivity contribution in [3.8, 4) is 23.3 Å². The van der Waals surface area contributed by atoms with E-state index in [9.17, 15) is 4.79 Å². The van der Waals surface area contributed by atoms with Crippen LogP contribution >= 0.6 is 0 Å². The van der Waals surface area contributed by atoms with Crippen LogP contribution in [0.3, 0.4) is 0 Å². The second kappa shape index (κ2) is 7.83. The molecule has 0 aliphatic rings. The number of carbonyl (C=O) groups is 1. The number of fused-ring (bicyclic) bond motifs is 3. The van der Waals surface area contributed by atoms with E-state index < -0.39 is 5.91 Å². The van der Waals surface area contributed by atoms with Gasteiger partial charge in [0.15, 0.2) is 6.61 Å². The summed E-state index contributed by atoms with van der Waals surface area (Å²) in [5, 5.41) is 12.4. The Morgan fingerprint density at radius 1 is 0.935 bits per heavy atom. The molecule has 31 heavy (non-hydrogen) atoms. The fraction of sp³-hybridized carbons (Fsp3) is 0.0870. The zero-order valence-corrected chi connectivity index (χ0v) is 16.5. The molecule has 0 saturated carbocycles. The minimum atomic E-state index is -0.409. The van der Waals surface area contributed by atoms with Gasteiger partial charge in [-0.1, -0.05) is 41.5 Å². The van der Waals surface area contributed by atoms with Gasteiger partial charge in [0, 0.05) is 22.4 Å². The molecule has 0 spiro atoms. The lowest BCUT2D eigenvalue weighted by molar-refractivity contribution is -0.118. The zero-order chi connectivity index (χ0) is 21.2. The van der Waals surface area contributed by atoms with Crippen molar-refractivity contribution >= 4 is 33.5 Å². The molecule has 5 aromatic rings. The Morgan fingerprint density at radius 3 is 2.58 bits per heavy atom. The molecule has 0 unspecified atom stereocenters. The lowest BCUT2D eigenvalue weighted by Gasteiger charge is -2.10. The second-order valence-corrected chi connectivity index (χ2v) is 6.72. The normalized spacial score (nSPS) is 11.0. The van der Waals surface area contributed by atoms with Gasteiger partial charge >= 0.3 is 6.08 Å². The smallest absolute Gasteiger partial charge is 0.415 e. The molecular formula is C23H17N3O5. The van der Waals surface area contributed by atoms with Crippen LogP contribution in [0, 0.1) is 0 Å². The number of amides is 1. The molecule has 0 atom stereocenters. The number of benzene rings is 3. The summed E-state index contributed by atoms with van der Waals surface area (Å²) in [6, 6.07) is 20.6. The summed E-state index contributed by atoms with van der Waals surface area (Å²) in [6.45, 7) is -0.308. The topological polar surface area (TPSA) is 99.6 Å². The molecule has 3 aromatic carbocycles. The fourth-order valence-corrected chi connectivity index (χ4v) is 3.30. The largest absolute Gasteiger partial charge is 0.495 e. The average Bonchev–Trinajstić information content (AvgIpc) is 3.42. The van der Waals surface area contributed by atoms with E-state index in [1.807, 2.05) is 60.7 Å². The number of ether oxygens (including phenoxy) is 2. The van der Waals surface area contributed by atoms with Gasteiger partial charge in [0.1, 0.15) is 16.9 Å². The molecule has 0 aliphatic heterocycles. The van der Waals surface area contributed by atoms with Gasteiger partial charge in [-0.15, -0.1) is 5.10 Å². The van der Waals surface area contributed by atoms with Crippen molar-refractivity contribution in [2.45, 2.75) is 0 Å². The van der Waals surface area contributed by atoms with Crippen LogP contribution in [0.4, 0.5) is 5.69 Å². The minimum Gasteiger partial charge on any atom is -0.495 e. The number of nitrogens with one attached hydrogen (secondary N) is 1. The fourth-order valence-electron chi connectivity index (χ4n) is 3.30. The number of para-hydroxylation sites is 1. The molecule has 2 heterocycles. The van der Waals surface area contributed by atoms with E-state index in [2.05, 4.69) is 15.5 Å². The van der Waals surface area contributed by atoms with Crippen LogP contribution in [-0.2, 0) is 4.79 Å². The van der Waals surface area contributed by atoms with Crippen LogP contribution in [0.5, 0.6) is 11.8 Å². The number of hydrogen-bond acceptors (Lipinski definition) is 7. The third-order valence-electron chi connectivity index (χ3n) is 4.73. The van der Waals surface area contributed by atoms with E-state index in [1.165, 1.54) is 0 Å². The molecule has 1 amide bonds. The van der Waals surface area contributed by atoms with Gasteiger partial charge in [0.05, 0.1) is 12.8 Å². The average molecular weight is 415 g/mol. The summed E-state index contributed by atoms with van der Waals surface area (Å²) >= 11 is 0. The third-order valence-corrected chi connectivity index (χ3v) is 4.73. The SMILES string of the molecule is COc1cc2c(cc1NC(=O)COc1nnc(-c3ccccc3)o1)oc1ccccc12. The van der Waals surface area contributed by atoms with Gasteiger partial charge in [0.2, 0.25) is 0 Å².